The SMILES string of the molecule is O=C(O)Oc1ccc2[nH]cc(CCCCC3CC(c4ccc(O)cc4)=CCN3)c2c1. The Balaban J connectivity index is 1.29. The molecule has 0 saturated heterocycles. The molecule has 4 N–H and O–H groups in total. The number of hydrogen-bond donors (Lipinski definition) is 4. The van der Waals surface area contributed by atoms with Crippen LogP contribution in [0.1, 0.15) is 36.8 Å². The molecule has 0 bridgehead atoms. The first-order chi connectivity index (χ1) is 14.6. The molecular formula is C24H26N2O4. The first kappa shape index (κ1) is 20.0. The molecule has 0 spiro atoms. The zero-order valence-electron chi connectivity index (χ0n) is 16.7. The Morgan fingerprint density at radius 2 is 1.97 bits per heavy atom. The second kappa shape index (κ2) is 9.05. The van der Waals surface area contributed by atoms with Crippen molar-refractivity contribution in [2.75, 3.05) is 6.54 Å². The molecule has 0 fully saturated rings. The summed E-state index contributed by atoms with van der Waals surface area (Å²) in [4.78, 5) is 14.0. The van der Waals surface area contributed by atoms with Crippen molar-refractivity contribution in [3.8, 4) is 11.5 Å². The number of phenols is 1. The third-order valence-electron chi connectivity index (χ3n) is 5.65. The van der Waals surface area contributed by atoms with Gasteiger partial charge in [0.25, 0.3) is 0 Å². The Labute approximate surface area is 175 Å². The van der Waals surface area contributed by atoms with Crippen LogP contribution in [0.3, 0.4) is 0 Å². The summed E-state index contributed by atoms with van der Waals surface area (Å²) in [5.74, 6) is 0.638. The van der Waals surface area contributed by atoms with E-state index in [1.807, 2.05) is 24.4 Å². The molecule has 0 amide bonds. The van der Waals surface area contributed by atoms with Gasteiger partial charge in [-0.15, -0.1) is 0 Å². The van der Waals surface area contributed by atoms with Crippen LogP contribution in [0.2, 0.25) is 0 Å². The van der Waals surface area contributed by atoms with Gasteiger partial charge in [-0.2, -0.15) is 0 Å². The molecule has 156 valence electrons. The van der Waals surface area contributed by atoms with Crippen LogP contribution in [-0.2, 0) is 6.42 Å². The van der Waals surface area contributed by atoms with Crippen LogP contribution in [0.15, 0.2) is 54.7 Å². The van der Waals surface area contributed by atoms with Gasteiger partial charge in [-0.25, -0.2) is 4.79 Å². The molecule has 1 aromatic heterocycles. The molecule has 1 atom stereocenters. The zero-order chi connectivity index (χ0) is 20.9. The number of fused-ring (bicyclic) bond motifs is 1. The van der Waals surface area contributed by atoms with E-state index in [0.29, 0.717) is 17.5 Å². The number of phenolic OH excluding ortho intramolecular Hbond substituents is 1. The summed E-state index contributed by atoms with van der Waals surface area (Å²) in [6.45, 7) is 0.871. The number of aromatic hydroxyl groups is 1. The third kappa shape index (κ3) is 4.83. The highest BCUT2D eigenvalue weighted by atomic mass is 16.7. The van der Waals surface area contributed by atoms with Gasteiger partial charge in [0.05, 0.1) is 0 Å². The molecule has 0 aliphatic carbocycles. The maximum atomic E-state index is 10.8. The van der Waals surface area contributed by atoms with E-state index in [0.717, 1.165) is 49.6 Å². The van der Waals surface area contributed by atoms with Crippen LogP contribution in [0.4, 0.5) is 4.79 Å². The summed E-state index contributed by atoms with van der Waals surface area (Å²) in [7, 11) is 0. The molecule has 6 nitrogen and oxygen atoms in total. The number of carbonyl (C=O) groups is 1. The lowest BCUT2D eigenvalue weighted by Crippen LogP contribution is -2.32. The number of rotatable bonds is 7. The summed E-state index contributed by atoms with van der Waals surface area (Å²) in [6.07, 6.45) is 8.13. The minimum absolute atomic E-state index is 0.295. The van der Waals surface area contributed by atoms with E-state index in [1.165, 1.54) is 16.7 Å². The molecule has 4 rings (SSSR count). The number of unbranched alkanes of at least 4 members (excludes halogenated alkanes) is 1. The van der Waals surface area contributed by atoms with E-state index in [9.17, 15) is 9.90 Å². The lowest BCUT2D eigenvalue weighted by atomic mass is 9.92. The van der Waals surface area contributed by atoms with Crippen molar-refractivity contribution in [2.24, 2.45) is 0 Å². The summed E-state index contributed by atoms with van der Waals surface area (Å²) < 4.78 is 4.78. The number of ether oxygens (including phenoxy) is 1. The number of H-pyrrole nitrogens is 1. The minimum atomic E-state index is -1.30. The first-order valence-electron chi connectivity index (χ1n) is 10.3. The molecular weight excluding hydrogens is 380 g/mol. The van der Waals surface area contributed by atoms with Crippen molar-refractivity contribution in [3.05, 3.63) is 65.9 Å². The van der Waals surface area contributed by atoms with Crippen LogP contribution < -0.4 is 10.1 Å². The van der Waals surface area contributed by atoms with Crippen molar-refractivity contribution in [1.29, 1.82) is 0 Å². The molecule has 0 radical (unpaired) electrons. The van der Waals surface area contributed by atoms with E-state index in [1.54, 1.807) is 24.3 Å². The molecule has 3 aromatic rings. The zero-order valence-corrected chi connectivity index (χ0v) is 16.7. The third-order valence-corrected chi connectivity index (χ3v) is 5.65. The van der Waals surface area contributed by atoms with E-state index in [2.05, 4.69) is 16.4 Å². The van der Waals surface area contributed by atoms with Gasteiger partial charge in [0.15, 0.2) is 0 Å². The first-order valence-corrected chi connectivity index (χ1v) is 10.3. The topological polar surface area (TPSA) is 94.6 Å². The summed E-state index contributed by atoms with van der Waals surface area (Å²) in [6, 6.07) is 13.2. The Morgan fingerprint density at radius 3 is 2.77 bits per heavy atom. The average molecular weight is 406 g/mol. The number of benzene rings is 2. The maximum Gasteiger partial charge on any atom is 0.511 e. The molecule has 30 heavy (non-hydrogen) atoms. The van der Waals surface area contributed by atoms with Gasteiger partial charge < -0.3 is 25.3 Å². The van der Waals surface area contributed by atoms with Gasteiger partial charge >= 0.3 is 6.16 Å². The predicted octanol–water partition coefficient (Wildman–Crippen LogP) is 5.09. The fourth-order valence-electron chi connectivity index (χ4n) is 4.12. The quantitative estimate of drug-likeness (QED) is 0.249. The molecule has 1 aliphatic rings. The van der Waals surface area contributed by atoms with Gasteiger partial charge in [-0.3, -0.25) is 0 Å². The summed E-state index contributed by atoms with van der Waals surface area (Å²) in [5, 5.41) is 22.9. The molecule has 1 aliphatic heterocycles. The lowest BCUT2D eigenvalue weighted by Gasteiger charge is -2.24. The van der Waals surface area contributed by atoms with Crippen LogP contribution in [0.25, 0.3) is 16.5 Å². The van der Waals surface area contributed by atoms with Gasteiger partial charge in [-0.05, 0) is 72.7 Å². The smallest absolute Gasteiger partial charge is 0.508 e. The Kier molecular flexibility index (Phi) is 6.05. The van der Waals surface area contributed by atoms with Crippen molar-refractivity contribution in [1.82, 2.24) is 10.3 Å². The number of aryl methyl sites for hydroxylation is 1. The van der Waals surface area contributed by atoms with Crippen LogP contribution in [0, 0.1) is 0 Å². The number of aromatic nitrogens is 1. The average Bonchev–Trinajstić information content (AvgIpc) is 3.14. The highest BCUT2D eigenvalue weighted by Gasteiger charge is 2.16. The predicted molar refractivity (Wildman–Crippen MR) is 117 cm³/mol. The Hall–Kier alpha value is -3.25. The second-order valence-electron chi connectivity index (χ2n) is 7.72. The van der Waals surface area contributed by atoms with E-state index >= 15 is 0 Å². The Morgan fingerprint density at radius 1 is 1.13 bits per heavy atom. The van der Waals surface area contributed by atoms with Crippen molar-refractivity contribution >= 4 is 22.6 Å². The van der Waals surface area contributed by atoms with Gasteiger partial charge in [0.1, 0.15) is 11.5 Å². The molecule has 1 unspecified atom stereocenters. The van der Waals surface area contributed by atoms with Crippen molar-refractivity contribution < 1.29 is 19.7 Å². The number of carboxylic acid groups (broad SMARTS) is 1. The molecule has 6 heteroatoms. The lowest BCUT2D eigenvalue weighted by molar-refractivity contribution is 0.144. The fraction of sp³-hybridized carbons (Fsp3) is 0.292. The van der Waals surface area contributed by atoms with Crippen LogP contribution >= 0.6 is 0 Å². The number of nitrogens with one attached hydrogen (secondary N) is 2. The number of aromatic amines is 1. The fourth-order valence-corrected chi connectivity index (χ4v) is 4.12. The number of hydrogen-bond acceptors (Lipinski definition) is 4. The summed E-state index contributed by atoms with van der Waals surface area (Å²) >= 11 is 0. The van der Waals surface area contributed by atoms with Crippen molar-refractivity contribution in [2.45, 2.75) is 38.1 Å². The van der Waals surface area contributed by atoms with E-state index in [4.69, 9.17) is 9.84 Å². The highest BCUT2D eigenvalue weighted by molar-refractivity contribution is 5.85. The normalized spacial score (nSPS) is 16.4. The molecule has 2 aromatic carbocycles. The standard InChI is InChI=1S/C24H26N2O4/c27-20-7-5-16(6-8-20)17-11-12-25-19(13-17)4-2-1-3-18-15-26-23-10-9-21(14-22(18)23)30-24(28)29/h5-11,14-15,19,25-27H,1-4,12-13H2,(H,28,29). The monoisotopic (exact) mass is 406 g/mol. The second-order valence-corrected chi connectivity index (χ2v) is 7.72. The maximum absolute atomic E-state index is 10.8. The van der Waals surface area contributed by atoms with Gasteiger partial charge in [0, 0.05) is 29.7 Å². The van der Waals surface area contributed by atoms with Gasteiger partial charge in [0.2, 0.25) is 0 Å². The minimum Gasteiger partial charge on any atom is -0.508 e. The summed E-state index contributed by atoms with van der Waals surface area (Å²) in [5.41, 5.74) is 4.68. The van der Waals surface area contributed by atoms with Crippen LogP contribution in [0.5, 0.6) is 11.5 Å². The molecule has 0 saturated carbocycles. The van der Waals surface area contributed by atoms with Crippen molar-refractivity contribution in [3.63, 3.8) is 0 Å². The van der Waals surface area contributed by atoms with E-state index in [-0.39, 0.29) is 0 Å². The van der Waals surface area contributed by atoms with Gasteiger partial charge in [-0.1, -0.05) is 24.6 Å². The molecule has 2 heterocycles. The Bertz CT molecular complexity index is 1050. The largest absolute Gasteiger partial charge is 0.511 e. The highest BCUT2D eigenvalue weighted by Crippen LogP contribution is 2.27. The van der Waals surface area contributed by atoms with Crippen LogP contribution in [-0.4, -0.2) is 33.9 Å². The van der Waals surface area contributed by atoms with E-state index < -0.39 is 6.16 Å².